The van der Waals surface area contributed by atoms with Gasteiger partial charge in [-0.25, -0.2) is 0 Å². The third kappa shape index (κ3) is 4.37. The highest BCUT2D eigenvalue weighted by atomic mass is 32.2. The number of anilines is 1. The van der Waals surface area contributed by atoms with Gasteiger partial charge in [-0.15, -0.1) is 10.2 Å². The largest absolute Gasteiger partial charge is 0.467 e. The van der Waals surface area contributed by atoms with Gasteiger partial charge in [-0.2, -0.15) is 5.26 Å². The third-order valence-electron chi connectivity index (χ3n) is 3.98. The molecule has 0 unspecified atom stereocenters. The molecule has 0 saturated heterocycles. The van der Waals surface area contributed by atoms with E-state index in [0.29, 0.717) is 17.9 Å². The van der Waals surface area contributed by atoms with Crippen LogP contribution in [-0.2, 0) is 11.3 Å². The zero-order valence-electron chi connectivity index (χ0n) is 15.0. The van der Waals surface area contributed by atoms with Crippen LogP contribution >= 0.6 is 34.9 Å². The minimum Gasteiger partial charge on any atom is -0.467 e. The SMILES string of the molecule is CSc1nnc(SCC(=O)Nc2c(C#N)c(C)c(C)n2Cc2ccco2)s1. The molecule has 140 valence electrons. The lowest BCUT2D eigenvalue weighted by atomic mass is 10.2. The van der Waals surface area contributed by atoms with E-state index in [1.54, 1.807) is 6.26 Å². The second-order valence-corrected chi connectivity index (χ2v) is 8.84. The lowest BCUT2D eigenvalue weighted by Crippen LogP contribution is -2.18. The molecule has 3 rings (SSSR count). The Labute approximate surface area is 169 Å². The summed E-state index contributed by atoms with van der Waals surface area (Å²) in [6.45, 7) is 4.24. The zero-order chi connectivity index (χ0) is 19.4. The molecule has 27 heavy (non-hydrogen) atoms. The first kappa shape index (κ1) is 19.5. The lowest BCUT2D eigenvalue weighted by Gasteiger charge is -2.11. The second kappa shape index (κ2) is 8.65. The van der Waals surface area contributed by atoms with Crippen molar-refractivity contribution in [2.75, 3.05) is 17.3 Å². The third-order valence-corrected chi connectivity index (χ3v) is 7.01. The van der Waals surface area contributed by atoms with E-state index in [1.165, 1.54) is 34.9 Å². The molecule has 0 aliphatic heterocycles. The molecule has 0 aromatic carbocycles. The highest BCUT2D eigenvalue weighted by Crippen LogP contribution is 2.29. The Morgan fingerprint density at radius 3 is 2.81 bits per heavy atom. The van der Waals surface area contributed by atoms with Gasteiger partial charge < -0.3 is 14.3 Å². The number of hydrogen-bond donors (Lipinski definition) is 1. The number of carbonyl (C=O) groups excluding carboxylic acids is 1. The van der Waals surface area contributed by atoms with Gasteiger partial charge in [0.25, 0.3) is 0 Å². The topological polar surface area (TPSA) is 96.7 Å². The Balaban J connectivity index is 1.77. The molecule has 7 nitrogen and oxygen atoms in total. The van der Waals surface area contributed by atoms with Gasteiger partial charge in [0.15, 0.2) is 8.68 Å². The predicted octanol–water partition coefficient (Wildman–Crippen LogP) is 3.92. The molecule has 0 spiro atoms. The number of aromatic nitrogens is 3. The highest BCUT2D eigenvalue weighted by molar-refractivity contribution is 8.03. The van der Waals surface area contributed by atoms with E-state index in [0.717, 1.165) is 25.7 Å². The van der Waals surface area contributed by atoms with Crippen molar-refractivity contribution in [2.24, 2.45) is 0 Å². The van der Waals surface area contributed by atoms with E-state index in [1.807, 2.05) is 36.8 Å². The molecule has 0 aliphatic carbocycles. The summed E-state index contributed by atoms with van der Waals surface area (Å²) in [6, 6.07) is 5.87. The first-order chi connectivity index (χ1) is 13.0. The monoisotopic (exact) mass is 419 g/mol. The maximum absolute atomic E-state index is 12.5. The Morgan fingerprint density at radius 2 is 2.19 bits per heavy atom. The molecule has 3 aromatic rings. The summed E-state index contributed by atoms with van der Waals surface area (Å²) in [5.74, 6) is 1.24. The van der Waals surface area contributed by atoms with Crippen molar-refractivity contribution < 1.29 is 9.21 Å². The van der Waals surface area contributed by atoms with Crippen molar-refractivity contribution in [3.05, 3.63) is 41.0 Å². The summed E-state index contributed by atoms with van der Waals surface area (Å²) in [7, 11) is 0. The number of amides is 1. The van der Waals surface area contributed by atoms with Crippen LogP contribution in [0.4, 0.5) is 5.82 Å². The highest BCUT2D eigenvalue weighted by Gasteiger charge is 2.20. The van der Waals surface area contributed by atoms with Gasteiger partial charge in [-0.3, -0.25) is 4.79 Å². The average Bonchev–Trinajstić information content (AvgIpc) is 3.38. The van der Waals surface area contributed by atoms with Crippen molar-refractivity contribution in [1.82, 2.24) is 14.8 Å². The summed E-state index contributed by atoms with van der Waals surface area (Å²) in [5.41, 5.74) is 2.23. The molecule has 1 amide bonds. The van der Waals surface area contributed by atoms with E-state index in [-0.39, 0.29) is 11.7 Å². The van der Waals surface area contributed by atoms with Crippen molar-refractivity contribution in [2.45, 2.75) is 29.1 Å². The Bertz CT molecular complexity index is 985. The minimum atomic E-state index is -0.199. The molecule has 10 heteroatoms. The fourth-order valence-electron chi connectivity index (χ4n) is 2.52. The minimum absolute atomic E-state index is 0.192. The van der Waals surface area contributed by atoms with E-state index < -0.39 is 0 Å². The van der Waals surface area contributed by atoms with Crippen LogP contribution in [0, 0.1) is 25.2 Å². The molecule has 0 saturated carbocycles. The molecular formula is C17H17N5O2S3. The first-order valence-corrected chi connectivity index (χ1v) is 11.0. The van der Waals surface area contributed by atoms with Crippen LogP contribution in [0.15, 0.2) is 31.5 Å². The molecule has 0 bridgehead atoms. The predicted molar refractivity (Wildman–Crippen MR) is 107 cm³/mol. The molecule has 0 radical (unpaired) electrons. The number of carbonyl (C=O) groups is 1. The van der Waals surface area contributed by atoms with Gasteiger partial charge in [0, 0.05) is 5.69 Å². The fraction of sp³-hybridized carbons (Fsp3) is 0.294. The van der Waals surface area contributed by atoms with Crippen molar-refractivity contribution >= 4 is 46.6 Å². The van der Waals surface area contributed by atoms with Crippen LogP contribution in [0.1, 0.15) is 22.6 Å². The van der Waals surface area contributed by atoms with E-state index >= 15 is 0 Å². The van der Waals surface area contributed by atoms with Gasteiger partial charge in [0.2, 0.25) is 5.91 Å². The normalized spacial score (nSPS) is 10.7. The molecule has 3 heterocycles. The van der Waals surface area contributed by atoms with Crippen molar-refractivity contribution in [3.8, 4) is 6.07 Å². The van der Waals surface area contributed by atoms with Crippen LogP contribution in [0.3, 0.4) is 0 Å². The zero-order valence-corrected chi connectivity index (χ0v) is 17.4. The smallest absolute Gasteiger partial charge is 0.235 e. The molecule has 3 aromatic heterocycles. The molecule has 1 N–H and O–H groups in total. The van der Waals surface area contributed by atoms with Gasteiger partial charge in [-0.1, -0.05) is 34.9 Å². The summed E-state index contributed by atoms with van der Waals surface area (Å²) >= 11 is 4.31. The van der Waals surface area contributed by atoms with Crippen LogP contribution < -0.4 is 5.32 Å². The quantitative estimate of drug-likeness (QED) is 0.580. The van der Waals surface area contributed by atoms with Gasteiger partial charge in [0.05, 0.1) is 24.1 Å². The summed E-state index contributed by atoms with van der Waals surface area (Å²) in [5, 5.41) is 20.5. The van der Waals surface area contributed by atoms with Crippen LogP contribution in [-0.4, -0.2) is 32.7 Å². The number of nitrogens with one attached hydrogen (secondary N) is 1. The second-order valence-electron chi connectivity index (χ2n) is 5.59. The Hall–Kier alpha value is -2.22. The summed E-state index contributed by atoms with van der Waals surface area (Å²) in [6.07, 6.45) is 3.54. The van der Waals surface area contributed by atoms with E-state index in [4.69, 9.17) is 4.42 Å². The number of thioether (sulfide) groups is 2. The van der Waals surface area contributed by atoms with Crippen LogP contribution in [0.25, 0.3) is 0 Å². The number of rotatable bonds is 7. The maximum atomic E-state index is 12.5. The molecule has 0 atom stereocenters. The summed E-state index contributed by atoms with van der Waals surface area (Å²) in [4.78, 5) is 12.5. The fourth-order valence-corrected chi connectivity index (χ4v) is 4.76. The van der Waals surface area contributed by atoms with E-state index in [2.05, 4.69) is 21.6 Å². The lowest BCUT2D eigenvalue weighted by molar-refractivity contribution is -0.113. The van der Waals surface area contributed by atoms with Crippen LogP contribution in [0.5, 0.6) is 0 Å². The average molecular weight is 420 g/mol. The van der Waals surface area contributed by atoms with Gasteiger partial charge in [0.1, 0.15) is 17.6 Å². The van der Waals surface area contributed by atoms with Gasteiger partial charge >= 0.3 is 0 Å². The number of hydrogen-bond acceptors (Lipinski definition) is 8. The number of nitriles is 1. The number of furan rings is 1. The Kier molecular flexibility index (Phi) is 6.26. The molecule has 0 fully saturated rings. The Morgan fingerprint density at radius 1 is 1.41 bits per heavy atom. The summed E-state index contributed by atoms with van der Waals surface area (Å²) < 4.78 is 8.92. The van der Waals surface area contributed by atoms with Gasteiger partial charge in [-0.05, 0) is 37.8 Å². The molecule has 0 aliphatic rings. The van der Waals surface area contributed by atoms with Crippen molar-refractivity contribution in [3.63, 3.8) is 0 Å². The first-order valence-electron chi connectivity index (χ1n) is 7.95. The van der Waals surface area contributed by atoms with E-state index in [9.17, 15) is 10.1 Å². The maximum Gasteiger partial charge on any atom is 0.235 e. The van der Waals surface area contributed by atoms with Crippen molar-refractivity contribution in [1.29, 1.82) is 5.26 Å². The van der Waals surface area contributed by atoms with Crippen LogP contribution in [0.2, 0.25) is 0 Å². The standard InChI is InChI=1S/C17H17N5O2S3/c1-10-11(2)22(8-12-5-4-6-24-12)15(13(10)7-18)19-14(23)9-26-17-21-20-16(25-3)27-17/h4-6H,8-9H2,1-3H3,(H,19,23). The molecular weight excluding hydrogens is 402 g/mol. The number of nitrogens with zero attached hydrogens (tertiary/aromatic N) is 4.